The van der Waals surface area contributed by atoms with Gasteiger partial charge in [-0.2, -0.15) is 0 Å². The molecule has 1 unspecified atom stereocenters. The number of ether oxygens (including phenoxy) is 1. The highest BCUT2D eigenvalue weighted by molar-refractivity contribution is 6.29. The molecule has 2 heterocycles. The molecule has 4 aromatic rings. The molecule has 1 atom stereocenters. The molecule has 1 amide bonds. The number of benzene rings is 2. The van der Waals surface area contributed by atoms with E-state index in [1.54, 1.807) is 18.2 Å². The van der Waals surface area contributed by atoms with Gasteiger partial charge in [0.1, 0.15) is 22.8 Å². The maximum Gasteiger partial charge on any atom is 0.308 e. The highest BCUT2D eigenvalue weighted by Gasteiger charge is 2.18. The van der Waals surface area contributed by atoms with Gasteiger partial charge in [0.2, 0.25) is 0 Å². The molecule has 0 saturated carbocycles. The summed E-state index contributed by atoms with van der Waals surface area (Å²) in [7, 11) is 3.95. The first kappa shape index (κ1) is 25.0. The number of esters is 1. The number of likely N-dealkylation sites (N-methyl/N-ethyl adjacent to an activating group) is 1. The zero-order valence-electron chi connectivity index (χ0n) is 20.0. The van der Waals surface area contributed by atoms with Crippen molar-refractivity contribution < 1.29 is 14.3 Å². The van der Waals surface area contributed by atoms with Crippen LogP contribution in [-0.2, 0) is 4.79 Å². The first-order chi connectivity index (χ1) is 17.3. The minimum absolute atomic E-state index is 0.178. The number of carbonyl (C=O) groups is 2. The number of hydrogen-bond acceptors (Lipinski definition) is 8. The number of nitrogens with zero attached hydrogens (tertiary/aromatic N) is 4. The fraction of sp³-hybridized carbons (Fsp3) is 0.192. The molecule has 0 radical (unpaired) electrons. The molecule has 0 fully saturated rings. The smallest absolute Gasteiger partial charge is 0.308 e. The monoisotopic (exact) mass is 504 g/mol. The Morgan fingerprint density at radius 3 is 2.61 bits per heavy atom. The highest BCUT2D eigenvalue weighted by atomic mass is 35.5. The zero-order valence-corrected chi connectivity index (χ0v) is 20.8. The molecule has 0 aliphatic rings. The minimum atomic E-state index is -0.422. The van der Waals surface area contributed by atoms with E-state index >= 15 is 0 Å². The van der Waals surface area contributed by atoms with Crippen LogP contribution in [0.4, 0.5) is 11.5 Å². The average molecular weight is 505 g/mol. The van der Waals surface area contributed by atoms with E-state index in [1.807, 2.05) is 44.4 Å². The highest BCUT2D eigenvalue weighted by Crippen LogP contribution is 2.30. The van der Waals surface area contributed by atoms with Gasteiger partial charge < -0.3 is 20.3 Å². The number of halogens is 1. The van der Waals surface area contributed by atoms with Crippen LogP contribution in [0.15, 0.2) is 67.1 Å². The molecule has 0 spiro atoms. The van der Waals surface area contributed by atoms with E-state index < -0.39 is 5.97 Å². The molecule has 2 aromatic heterocycles. The maximum atomic E-state index is 12.7. The van der Waals surface area contributed by atoms with Crippen LogP contribution in [-0.4, -0.2) is 52.4 Å². The van der Waals surface area contributed by atoms with Crippen molar-refractivity contribution in [2.45, 2.75) is 13.0 Å². The summed E-state index contributed by atoms with van der Waals surface area (Å²) in [5.74, 6) is 0.264. The van der Waals surface area contributed by atoms with Gasteiger partial charge in [-0.3, -0.25) is 9.59 Å². The van der Waals surface area contributed by atoms with Crippen molar-refractivity contribution in [2.24, 2.45) is 0 Å². The summed E-state index contributed by atoms with van der Waals surface area (Å²) in [6, 6.07) is 15.9. The second-order valence-electron chi connectivity index (χ2n) is 8.37. The Labute approximate surface area is 213 Å². The van der Waals surface area contributed by atoms with Crippen LogP contribution in [0.3, 0.4) is 0 Å². The summed E-state index contributed by atoms with van der Waals surface area (Å²) in [5, 5.41) is 7.38. The van der Waals surface area contributed by atoms with Crippen LogP contribution in [0.5, 0.6) is 5.75 Å². The van der Waals surface area contributed by atoms with Crippen LogP contribution in [0.25, 0.3) is 10.9 Å². The van der Waals surface area contributed by atoms with E-state index in [4.69, 9.17) is 16.3 Å². The lowest BCUT2D eigenvalue weighted by Crippen LogP contribution is -2.26. The van der Waals surface area contributed by atoms with Crippen LogP contribution in [0, 0.1) is 0 Å². The molecular formula is C26H25ClN6O3. The van der Waals surface area contributed by atoms with Gasteiger partial charge in [0.25, 0.3) is 5.91 Å². The van der Waals surface area contributed by atoms with Crippen molar-refractivity contribution in [2.75, 3.05) is 31.3 Å². The number of para-hydroxylation sites is 1. The molecule has 10 heteroatoms. The Morgan fingerprint density at radius 2 is 1.86 bits per heavy atom. The maximum absolute atomic E-state index is 12.7. The van der Waals surface area contributed by atoms with Crippen molar-refractivity contribution >= 4 is 45.9 Å². The van der Waals surface area contributed by atoms with Crippen molar-refractivity contribution in [1.82, 2.24) is 19.9 Å². The Hall–Kier alpha value is -4.08. The summed E-state index contributed by atoms with van der Waals surface area (Å²) in [5.41, 5.74) is 2.53. The number of nitrogens with one attached hydrogen (secondary N) is 2. The molecular weight excluding hydrogens is 480 g/mol. The quantitative estimate of drug-likeness (QED) is 0.204. The lowest BCUT2D eigenvalue weighted by molar-refractivity contribution is -0.131. The van der Waals surface area contributed by atoms with E-state index in [2.05, 4.69) is 30.5 Å². The zero-order chi connectivity index (χ0) is 25.7. The molecule has 0 saturated heterocycles. The average Bonchev–Trinajstić information content (AvgIpc) is 2.84. The summed E-state index contributed by atoms with van der Waals surface area (Å²) in [4.78, 5) is 38.9. The van der Waals surface area contributed by atoms with E-state index in [-0.39, 0.29) is 17.1 Å². The lowest BCUT2D eigenvalue weighted by Gasteiger charge is -2.24. The van der Waals surface area contributed by atoms with Crippen LogP contribution in [0.2, 0.25) is 5.15 Å². The van der Waals surface area contributed by atoms with Crippen LogP contribution >= 0.6 is 11.6 Å². The Bertz CT molecular complexity index is 1410. The van der Waals surface area contributed by atoms with Crippen LogP contribution in [0.1, 0.15) is 28.9 Å². The van der Waals surface area contributed by atoms with Gasteiger partial charge in [-0.15, -0.1) is 0 Å². The summed E-state index contributed by atoms with van der Waals surface area (Å²) >= 11 is 5.92. The normalized spacial score (nSPS) is 11.8. The first-order valence-corrected chi connectivity index (χ1v) is 11.5. The number of amides is 1. The fourth-order valence-electron chi connectivity index (χ4n) is 3.76. The number of anilines is 2. The Balaban J connectivity index is 1.63. The molecule has 0 aliphatic carbocycles. The molecule has 36 heavy (non-hydrogen) atoms. The van der Waals surface area contributed by atoms with Gasteiger partial charge in [-0.25, -0.2) is 15.0 Å². The van der Waals surface area contributed by atoms with Crippen molar-refractivity contribution in [3.8, 4) is 5.75 Å². The summed E-state index contributed by atoms with van der Waals surface area (Å²) < 4.78 is 5.32. The fourth-order valence-corrected chi connectivity index (χ4v) is 3.93. The van der Waals surface area contributed by atoms with Gasteiger partial charge in [0, 0.05) is 36.3 Å². The van der Waals surface area contributed by atoms with E-state index in [0.29, 0.717) is 34.9 Å². The number of hydrogen-bond donors (Lipinski definition) is 2. The largest absolute Gasteiger partial charge is 0.424 e. The predicted molar refractivity (Wildman–Crippen MR) is 139 cm³/mol. The Kier molecular flexibility index (Phi) is 7.72. The predicted octanol–water partition coefficient (Wildman–Crippen LogP) is 4.57. The standard InChI is InChI=1S/C26H25ClN6O3/c1-16(34)36-22-9-5-8-20-24(22)29-15-30-25(20)32-21(14-33(2)3)17-6-4-7-19(12-17)31-26(35)18-10-11-28-23(27)13-18/h4-13,15,21H,14H2,1-3H3,(H,31,35)(H,29,30,32). The van der Waals surface area contributed by atoms with Crippen molar-refractivity contribution in [3.63, 3.8) is 0 Å². The van der Waals surface area contributed by atoms with E-state index in [9.17, 15) is 9.59 Å². The molecule has 2 N–H and O–H groups in total. The van der Waals surface area contributed by atoms with E-state index in [0.717, 1.165) is 10.9 Å². The third kappa shape index (κ3) is 6.12. The van der Waals surface area contributed by atoms with Gasteiger partial charge in [0.15, 0.2) is 5.75 Å². The van der Waals surface area contributed by atoms with Gasteiger partial charge in [-0.05, 0) is 56.1 Å². The SMILES string of the molecule is CC(=O)Oc1cccc2c(NC(CN(C)C)c3cccc(NC(=O)c4ccnc(Cl)c4)c3)ncnc12. The summed E-state index contributed by atoms with van der Waals surface area (Å²) in [6.45, 7) is 1.99. The number of aromatic nitrogens is 3. The number of carbonyl (C=O) groups excluding carboxylic acids is 2. The molecule has 184 valence electrons. The van der Waals surface area contributed by atoms with Gasteiger partial charge in [-0.1, -0.05) is 29.8 Å². The molecule has 4 rings (SSSR count). The lowest BCUT2D eigenvalue weighted by atomic mass is 10.0. The number of rotatable bonds is 8. The number of fused-ring (bicyclic) bond motifs is 1. The van der Waals surface area contributed by atoms with Crippen LogP contribution < -0.4 is 15.4 Å². The third-order valence-corrected chi connectivity index (χ3v) is 5.48. The Morgan fingerprint density at radius 1 is 1.06 bits per heavy atom. The second-order valence-corrected chi connectivity index (χ2v) is 8.76. The second kappa shape index (κ2) is 11.1. The number of pyridine rings is 1. The summed E-state index contributed by atoms with van der Waals surface area (Å²) in [6.07, 6.45) is 2.92. The topological polar surface area (TPSA) is 109 Å². The molecule has 0 bridgehead atoms. The molecule has 0 aliphatic heterocycles. The van der Waals surface area contributed by atoms with Crippen molar-refractivity contribution in [1.29, 1.82) is 0 Å². The van der Waals surface area contributed by atoms with Gasteiger partial charge >= 0.3 is 5.97 Å². The molecule has 9 nitrogen and oxygen atoms in total. The first-order valence-electron chi connectivity index (χ1n) is 11.2. The third-order valence-electron chi connectivity index (χ3n) is 5.28. The molecule has 2 aromatic carbocycles. The van der Waals surface area contributed by atoms with Crippen molar-refractivity contribution in [3.05, 3.63) is 83.4 Å². The minimum Gasteiger partial charge on any atom is -0.424 e. The van der Waals surface area contributed by atoms with E-state index in [1.165, 1.54) is 25.5 Å². The van der Waals surface area contributed by atoms with Gasteiger partial charge in [0.05, 0.1) is 6.04 Å².